The van der Waals surface area contributed by atoms with Gasteiger partial charge in [-0.3, -0.25) is 0 Å². The molecule has 89 heavy (non-hydrogen) atoms. The van der Waals surface area contributed by atoms with Gasteiger partial charge in [-0.25, -0.2) is 0 Å². The smallest absolute Gasteiger partial charge is 0.431 e. The van der Waals surface area contributed by atoms with E-state index in [9.17, 15) is 81.5 Å². The minimum atomic E-state index is -6.72. The number of hydrogen-bond acceptors (Lipinski definition) is 61. The zero-order valence-electron chi connectivity index (χ0n) is 40.9. The van der Waals surface area contributed by atoms with E-state index in [0.29, 0.717) is 0 Å². The van der Waals surface area contributed by atoms with Crippen LogP contribution in [0.1, 0.15) is 0 Å². The molecular weight excluding hydrogens is 1750 g/mol. The molecule has 4 unspecified atom stereocenters. The minimum Gasteiger partial charge on any atom is -0.431 e. The lowest BCUT2D eigenvalue weighted by Gasteiger charge is -2.69. The van der Waals surface area contributed by atoms with Gasteiger partial charge in [-0.15, -0.1) is 0 Å². The molecule has 0 aromatic carbocycles. The van der Waals surface area contributed by atoms with Crippen LogP contribution in [0.3, 0.4) is 0 Å². The molecular formula is H52O62Si27. The van der Waals surface area contributed by atoms with Crippen LogP contribution in [-0.2, 0) is 49.4 Å². The van der Waals surface area contributed by atoms with Crippen LogP contribution in [0, 0.1) is 0 Å². The van der Waals surface area contributed by atoms with Crippen molar-refractivity contribution >= 4 is 220 Å². The van der Waals surface area contributed by atoms with Gasteiger partial charge in [0.05, 0.1) is 0 Å². The van der Waals surface area contributed by atoms with Crippen molar-refractivity contribution in [2.75, 3.05) is 0 Å². The van der Waals surface area contributed by atoms with Crippen molar-refractivity contribution in [2.45, 2.75) is 0 Å². The summed E-state index contributed by atoms with van der Waals surface area (Å²) in [4.78, 5) is 456. The van der Waals surface area contributed by atoms with E-state index in [4.69, 9.17) is 162 Å². The zero-order valence-corrected chi connectivity index (χ0v) is 68.0. The largest absolute Gasteiger partial charge is 0.665 e. The van der Waals surface area contributed by atoms with E-state index in [0.717, 1.165) is 0 Å². The van der Waals surface area contributed by atoms with Crippen LogP contribution in [0.15, 0.2) is 0 Å². The van der Waals surface area contributed by atoms with Gasteiger partial charge in [0, 0.05) is 0 Å². The van der Waals surface area contributed by atoms with E-state index in [2.05, 4.69) is 41.2 Å². The highest BCUT2D eigenvalue weighted by Gasteiger charge is 3.15. The molecule has 62 nitrogen and oxygen atoms in total. The summed E-state index contributed by atoms with van der Waals surface area (Å²) in [6.07, 6.45) is 0. The Labute approximate surface area is 506 Å². The van der Waals surface area contributed by atoms with Crippen molar-refractivity contribution in [3.63, 3.8) is 0 Å². The SMILES string of the molecule is O.O[SiH]1[Si]2(O)O[Si]3(O)[Si](O)(O)[Si]4(O)O[Si]1(O)[Si](O)(O)[Si](O)(O[Si](O)([Si]3(O)O)[Si]4(O)O)[Si]2(O)O.O[Si](O)(O)O[Si](O)(O)O.O[Si](O)(O)O[Si](O)(O)O[Si](O)(O)O[Si](O)(O)O[Si](O)(O)O.O[Si]1(O)O[Si](O)(O)O1.O[Si]1(O)O[Si]1(O)O.O[Si]1(O)[Si]2(O)O[Si]1(O)[Si]2(O)O. The lowest BCUT2D eigenvalue weighted by Crippen LogP contribution is -3.21. The summed E-state index contributed by atoms with van der Waals surface area (Å²) >= 11 is 0. The molecule has 10 aliphatic heterocycles. The first-order chi connectivity index (χ1) is 37.4. The van der Waals surface area contributed by atoms with Crippen LogP contribution in [0.5, 0.6) is 0 Å². The standard InChI is InChI=1S/H18O20Si12.H12O16Si5.H6O7Si4.H6O7Si2.H4O6Si2.H4O5Si2.H2O/c1-21-27(12)18-29(14)24(6,7)30(15)19-28(21,13)23(4,5)31(16,22(27,2)3)20-32(17,25(29,8)9)26(30,10)11;1-17(2,3)13-19(7,8)15-21(11,12)16-20(9,10)14-18(4,5)6;1-8(2)10(5)7-11(8,6)9(10,3)4;1-8(2,3)7-9(4,5)6;1-7(2)5-8(3,4)6-7;1-6(2)5-7(6,3)4;/h1-17,21H;1-12H;1-6H;1-6H;1-4H;1-4H;1H2. The molecule has 0 spiro atoms. The third-order valence-corrected chi connectivity index (χ3v) is 253. The van der Waals surface area contributed by atoms with Crippen LogP contribution in [0.25, 0.3) is 0 Å². The summed E-state index contributed by atoms with van der Waals surface area (Å²) in [5, 5.41) is 0. The number of rotatable bonds is 10. The molecule has 0 radical (unpaired) electrons. The average molecular weight is 1800 g/mol. The normalized spacial score (nSPS) is 38.3. The molecule has 51 N–H and O–H groups in total. The molecule has 8 bridgehead atoms. The predicted octanol–water partition coefficient (Wildman–Crippen LogP) is -39.5. The summed E-state index contributed by atoms with van der Waals surface area (Å²) < 4.78 is 47.1. The molecule has 10 aliphatic rings. The topological polar surface area (TPSA) is 1140 Å². The van der Waals surface area contributed by atoms with Crippen molar-refractivity contribution in [1.82, 2.24) is 0 Å². The Hall–Kier alpha value is 3.38. The van der Waals surface area contributed by atoms with Crippen molar-refractivity contribution < 1.29 is 290 Å². The van der Waals surface area contributed by atoms with Gasteiger partial charge in [0.25, 0.3) is 8.08 Å². The van der Waals surface area contributed by atoms with E-state index >= 15 is 0 Å². The van der Waals surface area contributed by atoms with E-state index in [-0.39, 0.29) is 5.48 Å². The molecule has 10 saturated heterocycles. The van der Waals surface area contributed by atoms with E-state index in [1.54, 1.807) is 0 Å². The Morgan fingerprint density at radius 3 is 0.539 bits per heavy atom. The van der Waals surface area contributed by atoms with Gasteiger partial charge in [-0.1, -0.05) is 0 Å². The first-order valence-corrected chi connectivity index (χ1v) is 86.6. The summed E-state index contributed by atoms with van der Waals surface area (Å²) in [6.45, 7) is 0. The first-order valence-electron chi connectivity index (χ1n) is 20.2. The summed E-state index contributed by atoms with van der Waals surface area (Å²) in [5.74, 6) is 0. The van der Waals surface area contributed by atoms with Gasteiger partial charge in [0.1, 0.15) is 0 Å². The van der Waals surface area contributed by atoms with Gasteiger partial charge in [-0.05, 0) is 0 Å². The van der Waals surface area contributed by atoms with E-state index in [1.165, 1.54) is 0 Å². The minimum absolute atomic E-state index is 0. The van der Waals surface area contributed by atoms with Gasteiger partial charge in [0.15, 0.2) is 0 Å². The summed E-state index contributed by atoms with van der Waals surface area (Å²) in [6, 6.07) is 0. The first kappa shape index (κ1) is 88.5. The second-order valence-corrected chi connectivity index (χ2v) is 155. The van der Waals surface area contributed by atoms with Crippen LogP contribution in [-0.4, -0.2) is 461 Å². The predicted molar refractivity (Wildman–Crippen MR) is 282 cm³/mol. The molecule has 0 amide bonds. The van der Waals surface area contributed by atoms with Crippen LogP contribution in [0.4, 0.5) is 0 Å². The van der Waals surface area contributed by atoms with Gasteiger partial charge in [-0.2, -0.15) is 0 Å². The molecule has 0 aromatic rings. The molecule has 532 valence electrons. The highest BCUT2D eigenvalue weighted by atomic mass is 30.3. The lowest BCUT2D eigenvalue weighted by atomic mass is 15.5. The third kappa shape index (κ3) is 15.0. The van der Waals surface area contributed by atoms with Crippen molar-refractivity contribution in [1.29, 1.82) is 0 Å². The summed E-state index contributed by atoms with van der Waals surface area (Å²) in [5.41, 5.74) is 0. The molecule has 10 rings (SSSR count). The Morgan fingerprint density at radius 2 is 0.393 bits per heavy atom. The molecule has 0 aliphatic carbocycles. The highest BCUT2D eigenvalue weighted by Crippen LogP contribution is 2.57. The monoisotopic (exact) mass is 1800 g/mol. The Kier molecular flexibility index (Phi) is 24.4. The second kappa shape index (κ2) is 24.5. The molecule has 10 fully saturated rings. The Morgan fingerprint density at radius 1 is 0.225 bits per heavy atom. The van der Waals surface area contributed by atoms with Crippen molar-refractivity contribution in [2.24, 2.45) is 0 Å². The highest BCUT2D eigenvalue weighted by molar-refractivity contribution is 8.12. The fourth-order valence-corrected chi connectivity index (χ4v) is 386. The molecule has 89 heteroatoms. The third-order valence-electron chi connectivity index (χ3n) is 11.2. The van der Waals surface area contributed by atoms with Crippen LogP contribution < -0.4 is 0 Å². The Balaban J connectivity index is 0.000000404. The fraction of sp³-hybridized carbons (Fsp3) is 0. The quantitative estimate of drug-likeness (QED) is 0.0713. The van der Waals surface area contributed by atoms with Crippen molar-refractivity contribution in [3.05, 3.63) is 0 Å². The van der Waals surface area contributed by atoms with Gasteiger partial charge < -0.3 is 290 Å². The molecule has 0 aromatic heterocycles. The maximum Gasteiger partial charge on any atom is 0.665 e. The van der Waals surface area contributed by atoms with Crippen molar-refractivity contribution in [3.8, 4) is 0 Å². The summed E-state index contributed by atoms with van der Waals surface area (Å²) in [7, 11) is -148. The molecule has 0 saturated carbocycles. The van der Waals surface area contributed by atoms with Gasteiger partial charge in [0.2, 0.25) is 0 Å². The lowest BCUT2D eigenvalue weighted by molar-refractivity contribution is -0.0486. The molecule has 10 heterocycles. The van der Waals surface area contributed by atoms with E-state index in [1.807, 2.05) is 0 Å². The number of hydrogen-bond donors (Lipinski definition) is 49. The fourth-order valence-electron chi connectivity index (χ4n) is 7.05. The zero-order chi connectivity index (χ0) is 71.1. The maximum atomic E-state index is 11.0. The van der Waals surface area contributed by atoms with Crippen LogP contribution in [0.2, 0.25) is 0 Å². The van der Waals surface area contributed by atoms with Gasteiger partial charge >= 0.3 is 212 Å². The average Bonchev–Trinajstić information content (AvgIpc) is 3.69. The Bertz CT molecular complexity index is 2320. The second-order valence-electron chi connectivity index (χ2n) is 17.8. The van der Waals surface area contributed by atoms with E-state index < -0.39 is 220 Å². The van der Waals surface area contributed by atoms with Crippen LogP contribution >= 0.6 is 0 Å². The molecule has 4 atom stereocenters. The maximum absolute atomic E-state index is 11.0.